The smallest absolute Gasteiger partial charge is 0.00552 e. The van der Waals surface area contributed by atoms with E-state index in [1.165, 1.54) is 38.0 Å². The number of rotatable bonds is 6. The molecule has 1 unspecified atom stereocenters. The predicted molar refractivity (Wildman–Crippen MR) is 90.8 cm³/mol. The Hall–Kier alpha value is -0.510. The van der Waals surface area contributed by atoms with Gasteiger partial charge in [0.2, 0.25) is 0 Å². The lowest BCUT2D eigenvalue weighted by atomic mass is 9.95. The highest BCUT2D eigenvalue weighted by atomic mass is 32.1. The first-order valence-electron chi connectivity index (χ1n) is 7.72. The lowest BCUT2D eigenvalue weighted by molar-refractivity contribution is 0.173. The molecule has 0 aromatic heterocycles. The summed E-state index contributed by atoms with van der Waals surface area (Å²) in [6.45, 7) is 4.85. The molecule has 0 spiro atoms. The van der Waals surface area contributed by atoms with E-state index in [2.05, 4.69) is 66.9 Å². The van der Waals surface area contributed by atoms with Crippen molar-refractivity contribution in [3.8, 4) is 0 Å². The van der Waals surface area contributed by atoms with E-state index in [1.54, 1.807) is 0 Å². The molecule has 1 aliphatic rings. The molecule has 2 rings (SSSR count). The van der Waals surface area contributed by atoms with Crippen LogP contribution in [0.25, 0.3) is 0 Å². The van der Waals surface area contributed by atoms with E-state index in [0.717, 1.165) is 18.2 Å². The molecule has 2 nitrogen and oxygen atoms in total. The zero-order valence-electron chi connectivity index (χ0n) is 12.8. The van der Waals surface area contributed by atoms with Crippen molar-refractivity contribution in [1.82, 2.24) is 9.80 Å². The van der Waals surface area contributed by atoms with Crippen molar-refractivity contribution in [2.75, 3.05) is 46.0 Å². The van der Waals surface area contributed by atoms with Gasteiger partial charge in [-0.25, -0.2) is 0 Å². The van der Waals surface area contributed by atoms with Gasteiger partial charge in [0, 0.05) is 19.0 Å². The number of hydrogen-bond acceptors (Lipinski definition) is 3. The summed E-state index contributed by atoms with van der Waals surface area (Å²) < 4.78 is 0. The van der Waals surface area contributed by atoms with E-state index in [9.17, 15) is 0 Å². The number of thiol groups is 1. The van der Waals surface area contributed by atoms with Gasteiger partial charge in [0.05, 0.1) is 0 Å². The average Bonchev–Trinajstić information content (AvgIpc) is 2.48. The van der Waals surface area contributed by atoms with Crippen LogP contribution >= 0.6 is 12.6 Å². The number of nitrogens with zero attached hydrogens (tertiary/aromatic N) is 2. The molecule has 0 N–H and O–H groups in total. The Bertz CT molecular complexity index is 374. The van der Waals surface area contributed by atoms with Crippen LogP contribution in [0.4, 0.5) is 0 Å². The Morgan fingerprint density at radius 3 is 2.50 bits per heavy atom. The third kappa shape index (κ3) is 4.80. The molecule has 0 aliphatic carbocycles. The molecule has 112 valence electrons. The Morgan fingerprint density at radius 2 is 1.90 bits per heavy atom. The highest BCUT2D eigenvalue weighted by Gasteiger charge is 2.19. The maximum atomic E-state index is 4.55. The van der Waals surface area contributed by atoms with Crippen molar-refractivity contribution in [2.45, 2.75) is 18.8 Å². The molecule has 1 aromatic rings. The summed E-state index contributed by atoms with van der Waals surface area (Å²) in [5.41, 5.74) is 1.41. The maximum Gasteiger partial charge on any atom is 0.00552 e. The quantitative estimate of drug-likeness (QED) is 0.805. The maximum absolute atomic E-state index is 4.55. The van der Waals surface area contributed by atoms with Crippen LogP contribution < -0.4 is 0 Å². The van der Waals surface area contributed by atoms with E-state index in [1.807, 2.05) is 0 Å². The largest absolute Gasteiger partial charge is 0.306 e. The Morgan fingerprint density at radius 1 is 1.25 bits per heavy atom. The van der Waals surface area contributed by atoms with Gasteiger partial charge < -0.3 is 9.80 Å². The highest BCUT2D eigenvalue weighted by molar-refractivity contribution is 7.80. The monoisotopic (exact) mass is 292 g/mol. The molecule has 0 bridgehead atoms. The van der Waals surface area contributed by atoms with Gasteiger partial charge in [0.15, 0.2) is 0 Å². The second-order valence-corrected chi connectivity index (χ2v) is 6.62. The summed E-state index contributed by atoms with van der Waals surface area (Å²) in [5, 5.41) is 0. The van der Waals surface area contributed by atoms with Gasteiger partial charge in [-0.05, 0) is 57.3 Å². The Balaban J connectivity index is 1.82. The predicted octanol–water partition coefficient (Wildman–Crippen LogP) is 2.97. The third-order valence-electron chi connectivity index (χ3n) is 4.43. The van der Waals surface area contributed by atoms with Crippen LogP contribution in [0.5, 0.6) is 0 Å². The number of likely N-dealkylation sites (tertiary alicyclic amines) is 1. The van der Waals surface area contributed by atoms with Crippen molar-refractivity contribution in [3.05, 3.63) is 35.9 Å². The first-order valence-corrected chi connectivity index (χ1v) is 8.35. The van der Waals surface area contributed by atoms with E-state index >= 15 is 0 Å². The summed E-state index contributed by atoms with van der Waals surface area (Å²) in [4.78, 5) is 4.95. The van der Waals surface area contributed by atoms with Crippen molar-refractivity contribution >= 4 is 12.6 Å². The van der Waals surface area contributed by atoms with Crippen LogP contribution in [0.1, 0.15) is 24.3 Å². The molecule has 0 radical (unpaired) electrons. The van der Waals surface area contributed by atoms with Gasteiger partial charge in [-0.2, -0.15) is 12.6 Å². The molecule has 1 fully saturated rings. The van der Waals surface area contributed by atoms with Gasteiger partial charge in [0.25, 0.3) is 0 Å². The van der Waals surface area contributed by atoms with Crippen molar-refractivity contribution in [1.29, 1.82) is 0 Å². The van der Waals surface area contributed by atoms with Gasteiger partial charge in [-0.1, -0.05) is 30.3 Å². The minimum absolute atomic E-state index is 0.538. The zero-order chi connectivity index (χ0) is 14.4. The molecule has 1 aliphatic heterocycles. The van der Waals surface area contributed by atoms with E-state index in [4.69, 9.17) is 0 Å². The topological polar surface area (TPSA) is 6.48 Å². The van der Waals surface area contributed by atoms with Gasteiger partial charge in [-0.15, -0.1) is 0 Å². The Labute approximate surface area is 129 Å². The standard InChI is InChI=1S/C17H28N2S/c1-18-10-8-15(9-11-18)12-19(2)13-17(14-20)16-6-4-3-5-7-16/h3-7,15,17,20H,8-14H2,1-2H3. The minimum atomic E-state index is 0.538. The van der Waals surface area contributed by atoms with Gasteiger partial charge >= 0.3 is 0 Å². The molecule has 20 heavy (non-hydrogen) atoms. The SMILES string of the molecule is CN1CCC(CN(C)CC(CS)c2ccccc2)CC1. The number of benzene rings is 1. The van der Waals surface area contributed by atoms with Gasteiger partial charge in [-0.3, -0.25) is 0 Å². The second-order valence-electron chi connectivity index (χ2n) is 6.26. The van der Waals surface area contributed by atoms with Crippen molar-refractivity contribution in [3.63, 3.8) is 0 Å². The Kier molecular flexibility index (Phi) is 6.40. The molecule has 0 amide bonds. The van der Waals surface area contributed by atoms with Gasteiger partial charge in [0.1, 0.15) is 0 Å². The summed E-state index contributed by atoms with van der Waals surface area (Å²) >= 11 is 4.55. The normalized spacial score (nSPS) is 19.4. The van der Waals surface area contributed by atoms with Crippen LogP contribution in [0.2, 0.25) is 0 Å². The first-order chi connectivity index (χ1) is 9.69. The summed E-state index contributed by atoms with van der Waals surface area (Å²) in [7, 11) is 4.49. The lowest BCUT2D eigenvalue weighted by Gasteiger charge is -2.32. The lowest BCUT2D eigenvalue weighted by Crippen LogP contribution is -2.37. The van der Waals surface area contributed by atoms with Crippen LogP contribution in [-0.2, 0) is 0 Å². The van der Waals surface area contributed by atoms with E-state index in [-0.39, 0.29) is 0 Å². The van der Waals surface area contributed by atoms with E-state index < -0.39 is 0 Å². The fourth-order valence-corrected chi connectivity index (χ4v) is 3.46. The third-order valence-corrected chi connectivity index (χ3v) is 4.87. The molecule has 1 heterocycles. The molecule has 1 atom stereocenters. The fourth-order valence-electron chi connectivity index (χ4n) is 3.13. The van der Waals surface area contributed by atoms with Crippen LogP contribution in [0, 0.1) is 5.92 Å². The molecule has 0 saturated carbocycles. The summed E-state index contributed by atoms with van der Waals surface area (Å²) in [6.07, 6.45) is 2.69. The molecule has 3 heteroatoms. The molecule has 1 aromatic carbocycles. The van der Waals surface area contributed by atoms with Crippen LogP contribution in [0.15, 0.2) is 30.3 Å². The second kappa shape index (κ2) is 8.06. The van der Waals surface area contributed by atoms with E-state index in [0.29, 0.717) is 5.92 Å². The highest BCUT2D eigenvalue weighted by Crippen LogP contribution is 2.21. The fraction of sp³-hybridized carbons (Fsp3) is 0.647. The molecular weight excluding hydrogens is 264 g/mol. The zero-order valence-corrected chi connectivity index (χ0v) is 13.7. The minimum Gasteiger partial charge on any atom is -0.306 e. The number of piperidine rings is 1. The molecular formula is C17H28N2S. The number of hydrogen-bond donors (Lipinski definition) is 1. The van der Waals surface area contributed by atoms with Crippen molar-refractivity contribution in [2.24, 2.45) is 5.92 Å². The first kappa shape index (κ1) is 15.9. The van der Waals surface area contributed by atoms with Crippen LogP contribution in [-0.4, -0.2) is 55.8 Å². The van der Waals surface area contributed by atoms with Crippen molar-refractivity contribution < 1.29 is 0 Å². The van der Waals surface area contributed by atoms with Crippen LogP contribution in [0.3, 0.4) is 0 Å². The summed E-state index contributed by atoms with van der Waals surface area (Å²) in [6, 6.07) is 10.8. The summed E-state index contributed by atoms with van der Waals surface area (Å²) in [5.74, 6) is 2.32. The molecule has 1 saturated heterocycles. The number of likely N-dealkylation sites (N-methyl/N-ethyl adjacent to an activating group) is 1. The average molecular weight is 292 g/mol.